The Morgan fingerprint density at radius 2 is 2.08 bits per heavy atom. The lowest BCUT2D eigenvalue weighted by atomic mass is 9.85. The van der Waals surface area contributed by atoms with Crippen LogP contribution in [0, 0.1) is 0 Å². The zero-order chi connectivity index (χ0) is 18.4. The fourth-order valence-electron chi connectivity index (χ4n) is 4.38. The number of ether oxygens (including phenoxy) is 2. The average Bonchev–Trinajstić information content (AvgIpc) is 3.07. The van der Waals surface area contributed by atoms with E-state index < -0.39 is 0 Å². The van der Waals surface area contributed by atoms with Gasteiger partial charge in [-0.3, -0.25) is 0 Å². The van der Waals surface area contributed by atoms with Crippen molar-refractivity contribution >= 4 is 0 Å². The van der Waals surface area contributed by atoms with Gasteiger partial charge in [0.25, 0.3) is 0 Å². The number of hydrogen-bond donors (Lipinski definition) is 2. The molecule has 4 nitrogen and oxygen atoms in total. The fourth-order valence-corrected chi connectivity index (χ4v) is 4.38. The first-order valence-electron chi connectivity index (χ1n) is 10.3. The van der Waals surface area contributed by atoms with Crippen LogP contribution in [0.5, 0.6) is 0 Å². The van der Waals surface area contributed by atoms with Crippen LogP contribution in [0.3, 0.4) is 0 Å². The van der Waals surface area contributed by atoms with E-state index in [1.807, 2.05) is 0 Å². The molecule has 1 saturated carbocycles. The molecule has 2 aliphatic carbocycles. The van der Waals surface area contributed by atoms with E-state index in [9.17, 15) is 5.11 Å². The van der Waals surface area contributed by atoms with E-state index in [0.29, 0.717) is 12.0 Å². The Hall–Kier alpha value is -0.940. The Morgan fingerprint density at radius 1 is 1.19 bits per heavy atom. The number of aryl methyl sites for hydroxylation is 1. The second-order valence-corrected chi connectivity index (χ2v) is 8.19. The van der Waals surface area contributed by atoms with Crippen LogP contribution in [-0.2, 0) is 22.3 Å². The molecule has 1 aromatic carbocycles. The quantitative estimate of drug-likeness (QED) is 0.662. The number of nitrogens with two attached hydrogens (primary N) is 1. The minimum Gasteiger partial charge on any atom is -0.394 e. The summed E-state index contributed by atoms with van der Waals surface area (Å²) in [5.41, 5.74) is 10.2. The molecule has 0 heterocycles. The summed E-state index contributed by atoms with van der Waals surface area (Å²) in [6, 6.07) is 6.95. The maximum Gasteiger partial charge on any atom is 0.0618 e. The highest BCUT2D eigenvalue weighted by molar-refractivity contribution is 5.36. The Labute approximate surface area is 158 Å². The number of aliphatic hydroxyl groups excluding tert-OH is 1. The zero-order valence-electron chi connectivity index (χ0n) is 16.2. The lowest BCUT2D eigenvalue weighted by Crippen LogP contribution is -2.40. The molecular weight excluding hydrogens is 326 g/mol. The molecule has 0 saturated heterocycles. The first-order chi connectivity index (χ1) is 12.6. The van der Waals surface area contributed by atoms with Crippen molar-refractivity contribution < 1.29 is 14.6 Å². The molecule has 3 atom stereocenters. The molecule has 4 heteroatoms. The number of rotatable bonds is 9. The number of fused-ring (bicyclic) bond motifs is 1. The van der Waals surface area contributed by atoms with E-state index in [1.165, 1.54) is 16.7 Å². The molecule has 3 N–H and O–H groups in total. The molecule has 0 bridgehead atoms. The molecule has 2 aliphatic rings. The van der Waals surface area contributed by atoms with E-state index in [2.05, 4.69) is 25.1 Å². The third-order valence-electron chi connectivity index (χ3n) is 5.98. The molecular formula is C22H35NO3. The summed E-state index contributed by atoms with van der Waals surface area (Å²) >= 11 is 0. The maximum absolute atomic E-state index is 9.50. The highest BCUT2D eigenvalue weighted by atomic mass is 16.5. The standard InChI is InChI=1S/C22H35NO3/c1-2-10-25-11-3-12-26-21-7-6-17-13-18(4-5-19(17)14-21)20-8-9-22(23,15-20)16-24/h4-5,13,20-21,24H,2-3,6-12,14-16,23H2,1H3/t20-,21?,22+/m0/s1. The Bertz CT molecular complexity index is 577. The molecule has 0 amide bonds. The lowest BCUT2D eigenvalue weighted by molar-refractivity contribution is 0.0264. The van der Waals surface area contributed by atoms with E-state index in [1.54, 1.807) is 0 Å². The predicted octanol–water partition coefficient (Wildman–Crippen LogP) is 3.33. The topological polar surface area (TPSA) is 64.7 Å². The van der Waals surface area contributed by atoms with Gasteiger partial charge in [-0.15, -0.1) is 0 Å². The smallest absolute Gasteiger partial charge is 0.0618 e. The van der Waals surface area contributed by atoms with Crippen molar-refractivity contribution in [3.63, 3.8) is 0 Å². The van der Waals surface area contributed by atoms with Gasteiger partial charge in [-0.05, 0) is 74.0 Å². The van der Waals surface area contributed by atoms with Crippen molar-refractivity contribution in [3.8, 4) is 0 Å². The molecule has 1 aromatic rings. The van der Waals surface area contributed by atoms with Gasteiger partial charge in [-0.2, -0.15) is 0 Å². The number of aliphatic hydroxyl groups is 1. The van der Waals surface area contributed by atoms with Gasteiger partial charge in [0.2, 0.25) is 0 Å². The second kappa shape index (κ2) is 9.32. The monoisotopic (exact) mass is 361 g/mol. The molecule has 3 rings (SSSR count). The van der Waals surface area contributed by atoms with Gasteiger partial charge in [0, 0.05) is 25.4 Å². The van der Waals surface area contributed by atoms with Gasteiger partial charge < -0.3 is 20.3 Å². The molecule has 146 valence electrons. The second-order valence-electron chi connectivity index (χ2n) is 8.19. The van der Waals surface area contributed by atoms with E-state index >= 15 is 0 Å². The number of hydrogen-bond acceptors (Lipinski definition) is 4. The largest absolute Gasteiger partial charge is 0.394 e. The minimum atomic E-state index is -0.375. The van der Waals surface area contributed by atoms with Crippen molar-refractivity contribution in [1.29, 1.82) is 0 Å². The van der Waals surface area contributed by atoms with Crippen molar-refractivity contribution in [2.75, 3.05) is 26.4 Å². The third kappa shape index (κ3) is 5.07. The Balaban J connectivity index is 1.48. The molecule has 0 spiro atoms. The first kappa shape index (κ1) is 19.8. The molecule has 0 aliphatic heterocycles. The van der Waals surface area contributed by atoms with E-state index in [0.717, 1.165) is 71.2 Å². The summed E-state index contributed by atoms with van der Waals surface area (Å²) in [5, 5.41) is 9.50. The minimum absolute atomic E-state index is 0.0942. The van der Waals surface area contributed by atoms with Crippen LogP contribution in [0.4, 0.5) is 0 Å². The molecule has 0 radical (unpaired) electrons. The van der Waals surface area contributed by atoms with E-state index in [4.69, 9.17) is 15.2 Å². The third-order valence-corrected chi connectivity index (χ3v) is 5.98. The van der Waals surface area contributed by atoms with Crippen molar-refractivity contribution in [1.82, 2.24) is 0 Å². The summed E-state index contributed by atoms with van der Waals surface area (Å²) in [4.78, 5) is 0. The van der Waals surface area contributed by atoms with Crippen LogP contribution >= 0.6 is 0 Å². The highest BCUT2D eigenvalue weighted by Gasteiger charge is 2.36. The predicted molar refractivity (Wildman–Crippen MR) is 105 cm³/mol. The highest BCUT2D eigenvalue weighted by Crippen LogP contribution is 2.40. The van der Waals surface area contributed by atoms with Crippen molar-refractivity contribution in [2.24, 2.45) is 5.73 Å². The zero-order valence-corrected chi connectivity index (χ0v) is 16.2. The number of benzene rings is 1. The summed E-state index contributed by atoms with van der Waals surface area (Å²) < 4.78 is 11.6. The van der Waals surface area contributed by atoms with Gasteiger partial charge in [-0.1, -0.05) is 25.1 Å². The molecule has 26 heavy (non-hydrogen) atoms. The van der Waals surface area contributed by atoms with Gasteiger partial charge in [-0.25, -0.2) is 0 Å². The van der Waals surface area contributed by atoms with Crippen LogP contribution in [0.2, 0.25) is 0 Å². The molecule has 1 unspecified atom stereocenters. The summed E-state index contributed by atoms with van der Waals surface area (Å²) in [6.45, 7) is 4.68. The van der Waals surface area contributed by atoms with Crippen molar-refractivity contribution in [3.05, 3.63) is 34.9 Å². The van der Waals surface area contributed by atoms with Gasteiger partial charge >= 0.3 is 0 Å². The summed E-state index contributed by atoms with van der Waals surface area (Å²) in [7, 11) is 0. The Kier molecular flexibility index (Phi) is 7.10. The maximum atomic E-state index is 9.50. The normalized spacial score (nSPS) is 28.3. The van der Waals surface area contributed by atoms with Gasteiger partial charge in [0.05, 0.1) is 12.7 Å². The van der Waals surface area contributed by atoms with Crippen LogP contribution in [-0.4, -0.2) is 43.2 Å². The van der Waals surface area contributed by atoms with Crippen LogP contribution < -0.4 is 5.73 Å². The Morgan fingerprint density at radius 3 is 2.85 bits per heavy atom. The fraction of sp³-hybridized carbons (Fsp3) is 0.727. The van der Waals surface area contributed by atoms with Crippen LogP contribution in [0.15, 0.2) is 18.2 Å². The first-order valence-corrected chi connectivity index (χ1v) is 10.3. The van der Waals surface area contributed by atoms with Crippen LogP contribution in [0.25, 0.3) is 0 Å². The average molecular weight is 362 g/mol. The molecule has 0 aromatic heterocycles. The SMILES string of the molecule is CCCOCCCOC1CCc2cc([C@H]3CC[C@](N)(CO)C3)ccc2C1. The molecule has 1 fully saturated rings. The summed E-state index contributed by atoms with van der Waals surface area (Å²) in [6.07, 6.45) is 8.53. The van der Waals surface area contributed by atoms with Crippen molar-refractivity contribution in [2.45, 2.75) is 75.9 Å². The van der Waals surface area contributed by atoms with Gasteiger partial charge in [0.15, 0.2) is 0 Å². The van der Waals surface area contributed by atoms with Crippen LogP contribution in [0.1, 0.15) is 68.1 Å². The van der Waals surface area contributed by atoms with E-state index in [-0.39, 0.29) is 12.1 Å². The lowest BCUT2D eigenvalue weighted by Gasteiger charge is -2.26. The van der Waals surface area contributed by atoms with Gasteiger partial charge in [0.1, 0.15) is 0 Å². The summed E-state index contributed by atoms with van der Waals surface area (Å²) in [5.74, 6) is 0.495.